The molecule has 5 heteroatoms. The number of hydrogen-bond donors (Lipinski definition) is 1. The summed E-state index contributed by atoms with van der Waals surface area (Å²) in [5, 5.41) is 2.30. The van der Waals surface area contributed by atoms with Gasteiger partial charge in [0.2, 0.25) is 5.06 Å². The Morgan fingerprint density at radius 2 is 2.05 bits per heavy atom. The topological polar surface area (TPSA) is 48.1 Å². The summed E-state index contributed by atoms with van der Waals surface area (Å²) in [5.74, 6) is 0.619. The van der Waals surface area contributed by atoms with Gasteiger partial charge in [-0.3, -0.25) is 0 Å². The van der Waals surface area contributed by atoms with Crippen LogP contribution in [0.5, 0.6) is 10.8 Å². The molecule has 0 aliphatic rings. The SMILES string of the molecule is NCc1ccc(Oc2snc3ccccc23)c(Cl)c1. The first kappa shape index (κ1) is 12.4. The van der Waals surface area contributed by atoms with E-state index in [1.165, 1.54) is 11.5 Å². The Morgan fingerprint density at radius 1 is 1.21 bits per heavy atom. The summed E-state index contributed by atoms with van der Waals surface area (Å²) < 4.78 is 10.2. The maximum Gasteiger partial charge on any atom is 0.208 e. The van der Waals surface area contributed by atoms with Gasteiger partial charge in [-0.15, -0.1) is 0 Å². The van der Waals surface area contributed by atoms with Crippen molar-refractivity contribution >= 4 is 34.0 Å². The van der Waals surface area contributed by atoms with E-state index in [1.54, 1.807) is 0 Å². The third-order valence-electron chi connectivity index (χ3n) is 2.79. The lowest BCUT2D eigenvalue weighted by Crippen LogP contribution is -1.96. The lowest BCUT2D eigenvalue weighted by atomic mass is 10.2. The molecule has 3 nitrogen and oxygen atoms in total. The molecule has 2 aromatic carbocycles. The standard InChI is InChI=1S/C14H11ClN2OS/c15-11-7-9(8-16)5-6-13(11)18-14-10-3-1-2-4-12(10)17-19-14/h1-7H,8,16H2. The Morgan fingerprint density at radius 3 is 2.84 bits per heavy atom. The average Bonchev–Trinajstić information content (AvgIpc) is 2.84. The van der Waals surface area contributed by atoms with Crippen molar-refractivity contribution in [3.05, 3.63) is 53.1 Å². The van der Waals surface area contributed by atoms with Gasteiger partial charge in [0.1, 0.15) is 5.75 Å². The van der Waals surface area contributed by atoms with E-state index in [0.717, 1.165) is 21.5 Å². The minimum atomic E-state index is 0.462. The van der Waals surface area contributed by atoms with E-state index in [9.17, 15) is 0 Å². The van der Waals surface area contributed by atoms with Crippen LogP contribution in [0.2, 0.25) is 5.02 Å². The molecule has 0 unspecified atom stereocenters. The van der Waals surface area contributed by atoms with Gasteiger partial charge in [0, 0.05) is 18.1 Å². The van der Waals surface area contributed by atoms with Gasteiger partial charge < -0.3 is 10.5 Å². The van der Waals surface area contributed by atoms with Gasteiger partial charge in [-0.2, -0.15) is 4.37 Å². The number of fused-ring (bicyclic) bond motifs is 1. The van der Waals surface area contributed by atoms with Crippen LogP contribution in [-0.2, 0) is 6.54 Å². The zero-order chi connectivity index (χ0) is 13.2. The molecule has 0 aliphatic heterocycles. The monoisotopic (exact) mass is 290 g/mol. The summed E-state index contributed by atoms with van der Waals surface area (Å²) in [4.78, 5) is 0. The van der Waals surface area contributed by atoms with Crippen molar-refractivity contribution in [3.8, 4) is 10.8 Å². The number of aromatic nitrogens is 1. The summed E-state index contributed by atoms with van der Waals surface area (Å²) in [7, 11) is 0. The molecule has 19 heavy (non-hydrogen) atoms. The quantitative estimate of drug-likeness (QED) is 0.786. The predicted molar refractivity (Wildman–Crippen MR) is 79.0 cm³/mol. The first-order valence-electron chi connectivity index (χ1n) is 5.78. The Kier molecular flexibility index (Phi) is 3.38. The van der Waals surface area contributed by atoms with Crippen LogP contribution >= 0.6 is 23.1 Å². The van der Waals surface area contributed by atoms with Crippen molar-refractivity contribution < 1.29 is 4.74 Å². The molecule has 0 saturated heterocycles. The van der Waals surface area contributed by atoms with Crippen LogP contribution in [0.3, 0.4) is 0 Å². The molecule has 3 aromatic rings. The van der Waals surface area contributed by atoms with Crippen LogP contribution < -0.4 is 10.5 Å². The van der Waals surface area contributed by atoms with E-state index < -0.39 is 0 Å². The fourth-order valence-electron chi connectivity index (χ4n) is 1.79. The largest absolute Gasteiger partial charge is 0.443 e. The maximum absolute atomic E-state index is 6.18. The summed E-state index contributed by atoms with van der Waals surface area (Å²) in [5.41, 5.74) is 7.48. The molecule has 3 rings (SSSR count). The van der Waals surface area contributed by atoms with Gasteiger partial charge in [-0.1, -0.05) is 29.8 Å². The zero-order valence-electron chi connectivity index (χ0n) is 9.97. The predicted octanol–water partition coefficient (Wildman–Crippen LogP) is 4.20. The fourth-order valence-corrected chi connectivity index (χ4v) is 2.77. The first-order valence-corrected chi connectivity index (χ1v) is 6.94. The molecule has 0 bridgehead atoms. The number of benzene rings is 2. The molecule has 0 aliphatic carbocycles. The van der Waals surface area contributed by atoms with E-state index in [-0.39, 0.29) is 0 Å². The normalized spacial score (nSPS) is 10.8. The fraction of sp³-hybridized carbons (Fsp3) is 0.0714. The molecule has 96 valence electrons. The first-order chi connectivity index (χ1) is 9.28. The van der Waals surface area contributed by atoms with Crippen molar-refractivity contribution in [2.75, 3.05) is 0 Å². The van der Waals surface area contributed by atoms with E-state index in [0.29, 0.717) is 17.3 Å². The number of halogens is 1. The van der Waals surface area contributed by atoms with E-state index >= 15 is 0 Å². The van der Waals surface area contributed by atoms with Crippen molar-refractivity contribution in [3.63, 3.8) is 0 Å². The molecule has 0 fully saturated rings. The third kappa shape index (κ3) is 2.42. The maximum atomic E-state index is 6.18. The molecule has 0 amide bonds. The average molecular weight is 291 g/mol. The minimum Gasteiger partial charge on any atom is -0.443 e. The van der Waals surface area contributed by atoms with Gasteiger partial charge in [0.15, 0.2) is 0 Å². The number of hydrogen-bond acceptors (Lipinski definition) is 4. The van der Waals surface area contributed by atoms with E-state index in [4.69, 9.17) is 22.1 Å². The van der Waals surface area contributed by atoms with Crippen molar-refractivity contribution in [1.29, 1.82) is 0 Å². The number of ether oxygens (including phenoxy) is 1. The number of rotatable bonds is 3. The van der Waals surface area contributed by atoms with Crippen LogP contribution in [-0.4, -0.2) is 4.37 Å². The Hall–Kier alpha value is -1.62. The summed E-state index contributed by atoms with van der Waals surface area (Å²) in [6.45, 7) is 0.462. The summed E-state index contributed by atoms with van der Waals surface area (Å²) in [6.07, 6.45) is 0. The van der Waals surface area contributed by atoms with Crippen LogP contribution in [0, 0.1) is 0 Å². The van der Waals surface area contributed by atoms with Crippen molar-refractivity contribution in [2.45, 2.75) is 6.54 Å². The van der Waals surface area contributed by atoms with Crippen LogP contribution in [0.4, 0.5) is 0 Å². The van der Waals surface area contributed by atoms with Crippen molar-refractivity contribution in [1.82, 2.24) is 4.37 Å². The molecule has 0 radical (unpaired) electrons. The third-order valence-corrected chi connectivity index (χ3v) is 3.84. The molecule has 0 saturated carbocycles. The second-order valence-corrected chi connectivity index (χ2v) is 5.20. The second-order valence-electron chi connectivity index (χ2n) is 4.06. The van der Waals surface area contributed by atoms with Gasteiger partial charge in [0.05, 0.1) is 15.9 Å². The smallest absolute Gasteiger partial charge is 0.208 e. The molecule has 1 aromatic heterocycles. The molecular formula is C14H11ClN2OS. The van der Waals surface area contributed by atoms with E-state index in [1.807, 2.05) is 42.5 Å². The van der Waals surface area contributed by atoms with Crippen LogP contribution in [0.1, 0.15) is 5.56 Å². The molecule has 1 heterocycles. The Labute approximate surface area is 119 Å². The molecule has 0 atom stereocenters. The summed E-state index contributed by atoms with van der Waals surface area (Å²) in [6, 6.07) is 13.4. The Bertz CT molecular complexity index is 726. The number of nitrogens with zero attached hydrogens (tertiary/aromatic N) is 1. The second kappa shape index (κ2) is 5.17. The highest BCUT2D eigenvalue weighted by atomic mass is 35.5. The highest BCUT2D eigenvalue weighted by molar-refractivity contribution is 7.09. The molecular weight excluding hydrogens is 280 g/mol. The minimum absolute atomic E-state index is 0.462. The van der Waals surface area contributed by atoms with Gasteiger partial charge in [-0.25, -0.2) is 0 Å². The van der Waals surface area contributed by atoms with Gasteiger partial charge >= 0.3 is 0 Å². The Balaban J connectivity index is 1.97. The van der Waals surface area contributed by atoms with Gasteiger partial charge in [0.25, 0.3) is 0 Å². The van der Waals surface area contributed by atoms with Crippen molar-refractivity contribution in [2.24, 2.45) is 5.73 Å². The highest BCUT2D eigenvalue weighted by Crippen LogP contribution is 2.36. The lowest BCUT2D eigenvalue weighted by molar-refractivity contribution is 0.501. The highest BCUT2D eigenvalue weighted by Gasteiger charge is 2.10. The van der Waals surface area contributed by atoms with E-state index in [2.05, 4.69) is 4.37 Å². The zero-order valence-corrected chi connectivity index (χ0v) is 11.5. The van der Waals surface area contributed by atoms with Crippen LogP contribution in [0.25, 0.3) is 10.9 Å². The molecule has 2 N–H and O–H groups in total. The number of nitrogens with two attached hydrogens (primary N) is 1. The van der Waals surface area contributed by atoms with Crippen LogP contribution in [0.15, 0.2) is 42.5 Å². The van der Waals surface area contributed by atoms with Gasteiger partial charge in [-0.05, 0) is 29.8 Å². The summed E-state index contributed by atoms with van der Waals surface area (Å²) >= 11 is 7.50. The molecule has 0 spiro atoms. The lowest BCUT2D eigenvalue weighted by Gasteiger charge is -2.06.